The molecular weight excluding hydrogens is 729 g/mol. The third kappa shape index (κ3) is 7.96. The molecule has 3 aromatic carbocycles. The van der Waals surface area contributed by atoms with Gasteiger partial charge in [-0.2, -0.15) is 0 Å². The summed E-state index contributed by atoms with van der Waals surface area (Å²) in [7, 11) is 2.55. The molecule has 57 heavy (non-hydrogen) atoms. The minimum atomic E-state index is -0.731. The zero-order valence-electron chi connectivity index (χ0n) is 33.4. The average molecular weight is 779 g/mol. The molecule has 15 nitrogen and oxygen atoms in total. The molecule has 0 spiro atoms. The van der Waals surface area contributed by atoms with E-state index in [2.05, 4.69) is 74.5 Å². The molecule has 3 heterocycles. The number of H-pyrrole nitrogens is 2. The second-order valence-corrected chi connectivity index (χ2v) is 15.3. The molecule has 300 valence electrons. The number of amides is 4. The molecule has 0 saturated heterocycles. The first-order valence-electron chi connectivity index (χ1n) is 19.4. The second-order valence-electron chi connectivity index (χ2n) is 15.3. The number of rotatable bonds is 13. The molecule has 0 radical (unpaired) electrons. The molecule has 1 fully saturated rings. The third-order valence-electron chi connectivity index (χ3n) is 11.2. The summed E-state index contributed by atoms with van der Waals surface area (Å²) in [5.41, 5.74) is 6.50. The lowest BCUT2D eigenvalue weighted by atomic mass is 9.92. The largest absolute Gasteiger partial charge is 0.488 e. The summed E-state index contributed by atoms with van der Waals surface area (Å²) in [4.78, 5) is 70.3. The Morgan fingerprint density at radius 2 is 1.72 bits per heavy atom. The van der Waals surface area contributed by atoms with Crippen molar-refractivity contribution >= 4 is 45.8 Å². The van der Waals surface area contributed by atoms with Crippen LogP contribution in [0.1, 0.15) is 58.3 Å². The van der Waals surface area contributed by atoms with Gasteiger partial charge in [0.05, 0.1) is 50.2 Å². The van der Waals surface area contributed by atoms with Crippen molar-refractivity contribution in [3.63, 3.8) is 0 Å². The maximum absolute atomic E-state index is 14.0. The number of fused-ring (bicyclic) bond motifs is 6. The average Bonchev–Trinajstić information content (AvgIpc) is 3.54. The quantitative estimate of drug-likeness (QED) is 0.109. The highest BCUT2D eigenvalue weighted by Gasteiger charge is 2.50. The number of nitrogens with one attached hydrogen (secondary N) is 4. The van der Waals surface area contributed by atoms with E-state index in [-0.39, 0.29) is 43.4 Å². The van der Waals surface area contributed by atoms with Gasteiger partial charge in [0.2, 0.25) is 11.8 Å². The topological polar surface area (TPSA) is 184 Å². The molecule has 4 atom stereocenters. The van der Waals surface area contributed by atoms with E-state index in [1.165, 1.54) is 14.2 Å². The number of methoxy groups -OCH3 is 2. The molecule has 1 saturated carbocycles. The SMILES string of the molecule is CCCN(Cc1ncc(-c2ccc3c(c2)COc2cc4c(ccc5nc(CN(C(=O)[C@@H](NC(=O)OC)C(C)C)C6C(C)[C@H]6C)[nH]c54)cc2-3)[nH]1)C(=O)CNC(=O)OC. The molecule has 2 aromatic heterocycles. The van der Waals surface area contributed by atoms with Crippen LogP contribution in [0.3, 0.4) is 0 Å². The van der Waals surface area contributed by atoms with E-state index >= 15 is 0 Å². The van der Waals surface area contributed by atoms with Gasteiger partial charge in [-0.15, -0.1) is 0 Å². The number of carbonyl (C=O) groups is 4. The lowest BCUT2D eigenvalue weighted by molar-refractivity contribution is -0.136. The maximum Gasteiger partial charge on any atom is 0.407 e. The van der Waals surface area contributed by atoms with Crippen LogP contribution in [-0.4, -0.2) is 93.1 Å². The number of benzene rings is 3. The van der Waals surface area contributed by atoms with E-state index in [0.29, 0.717) is 36.6 Å². The maximum atomic E-state index is 14.0. The molecular formula is C42H50N8O7. The highest BCUT2D eigenvalue weighted by Crippen LogP contribution is 2.44. The van der Waals surface area contributed by atoms with Crippen molar-refractivity contribution in [1.29, 1.82) is 0 Å². The van der Waals surface area contributed by atoms with Gasteiger partial charge < -0.3 is 44.6 Å². The van der Waals surface area contributed by atoms with Crippen molar-refractivity contribution in [3.8, 4) is 28.1 Å². The molecule has 4 amide bonds. The zero-order valence-corrected chi connectivity index (χ0v) is 33.4. The predicted molar refractivity (Wildman–Crippen MR) is 214 cm³/mol. The molecule has 2 unspecified atom stereocenters. The van der Waals surface area contributed by atoms with E-state index in [4.69, 9.17) is 14.5 Å². The van der Waals surface area contributed by atoms with Crippen LogP contribution in [-0.2, 0) is 38.8 Å². The van der Waals surface area contributed by atoms with Gasteiger partial charge in [0.1, 0.15) is 36.6 Å². The van der Waals surface area contributed by atoms with E-state index < -0.39 is 18.2 Å². The van der Waals surface area contributed by atoms with E-state index in [9.17, 15) is 19.2 Å². The summed E-state index contributed by atoms with van der Waals surface area (Å²) in [6, 6.07) is 13.8. The Morgan fingerprint density at radius 1 is 0.947 bits per heavy atom. The number of imidazole rings is 2. The Hall–Kier alpha value is -6.12. The van der Waals surface area contributed by atoms with Crippen LogP contribution in [0, 0.1) is 17.8 Å². The van der Waals surface area contributed by atoms with Crippen molar-refractivity contribution in [2.45, 2.75) is 72.8 Å². The predicted octanol–water partition coefficient (Wildman–Crippen LogP) is 6.12. The van der Waals surface area contributed by atoms with Crippen LogP contribution in [0.5, 0.6) is 5.75 Å². The molecule has 4 N–H and O–H groups in total. The Kier molecular flexibility index (Phi) is 11.1. The summed E-state index contributed by atoms with van der Waals surface area (Å²) in [6.45, 7) is 11.4. The molecule has 7 rings (SSSR count). The van der Waals surface area contributed by atoms with Crippen molar-refractivity contribution in [3.05, 3.63) is 65.9 Å². The fourth-order valence-electron chi connectivity index (χ4n) is 7.82. The van der Waals surface area contributed by atoms with Gasteiger partial charge in [-0.05, 0) is 70.5 Å². The van der Waals surface area contributed by atoms with Crippen LogP contribution < -0.4 is 15.4 Å². The van der Waals surface area contributed by atoms with Gasteiger partial charge in [-0.3, -0.25) is 9.59 Å². The molecule has 15 heteroatoms. The highest BCUT2D eigenvalue weighted by atomic mass is 16.5. The van der Waals surface area contributed by atoms with E-state index in [1.54, 1.807) is 11.1 Å². The zero-order chi connectivity index (χ0) is 40.5. The normalized spacial score (nSPS) is 17.3. The number of carbonyl (C=O) groups excluding carboxylic acids is 4. The van der Waals surface area contributed by atoms with Gasteiger partial charge in [0.25, 0.3) is 0 Å². The Balaban J connectivity index is 1.11. The standard InChI is InChI=1S/C42H50N8O7/c1-8-13-49(36(51)18-44-41(53)55-6)19-34-43-17-32(46-34)26-9-11-28-27(14-26)21-57-33-16-29-25(15-30(28)33)10-12-31-38(29)47-35(45-31)20-50(39-23(4)24(39)5)40(52)37(22(2)3)48-42(54)56-7/h9-12,14-17,22-24,37,39H,8,13,18-21H2,1-7H3,(H,43,46)(H,44,53)(H,45,47)(H,48,54)/t23-,24?,37+,39?/m1/s1. The van der Waals surface area contributed by atoms with Crippen LogP contribution in [0.4, 0.5) is 9.59 Å². The van der Waals surface area contributed by atoms with Crippen LogP contribution in [0.2, 0.25) is 0 Å². The van der Waals surface area contributed by atoms with Crippen molar-refractivity contribution < 1.29 is 33.4 Å². The molecule has 5 aromatic rings. The monoisotopic (exact) mass is 778 g/mol. The van der Waals surface area contributed by atoms with E-state index in [0.717, 1.165) is 61.9 Å². The van der Waals surface area contributed by atoms with Gasteiger partial charge in [-0.25, -0.2) is 19.6 Å². The minimum Gasteiger partial charge on any atom is -0.488 e. The summed E-state index contributed by atoms with van der Waals surface area (Å²) >= 11 is 0. The summed E-state index contributed by atoms with van der Waals surface area (Å²) in [5.74, 6) is 2.19. The Bertz CT molecular complexity index is 2330. The Morgan fingerprint density at radius 3 is 2.42 bits per heavy atom. The molecule has 1 aliphatic carbocycles. The van der Waals surface area contributed by atoms with Crippen molar-refractivity contribution in [1.82, 2.24) is 40.4 Å². The third-order valence-corrected chi connectivity index (χ3v) is 11.2. The number of hydrogen-bond acceptors (Lipinski definition) is 9. The molecule has 0 bridgehead atoms. The van der Waals surface area contributed by atoms with Crippen molar-refractivity contribution in [2.24, 2.45) is 17.8 Å². The molecule has 2 aliphatic rings. The number of ether oxygens (including phenoxy) is 3. The smallest absolute Gasteiger partial charge is 0.407 e. The number of nitrogens with zero attached hydrogens (tertiary/aromatic N) is 4. The number of alkyl carbamates (subject to hydrolysis) is 2. The van der Waals surface area contributed by atoms with Gasteiger partial charge >= 0.3 is 12.2 Å². The summed E-state index contributed by atoms with van der Waals surface area (Å²) < 4.78 is 15.8. The number of aromatic amines is 2. The summed E-state index contributed by atoms with van der Waals surface area (Å²) in [5, 5.41) is 7.17. The minimum absolute atomic E-state index is 0.0365. The summed E-state index contributed by atoms with van der Waals surface area (Å²) in [6.07, 6.45) is 1.22. The van der Waals surface area contributed by atoms with Crippen molar-refractivity contribution in [2.75, 3.05) is 27.3 Å². The van der Waals surface area contributed by atoms with Crippen LogP contribution in [0.15, 0.2) is 48.7 Å². The van der Waals surface area contributed by atoms with Gasteiger partial charge in [0, 0.05) is 23.5 Å². The second kappa shape index (κ2) is 16.2. The lowest BCUT2D eigenvalue weighted by Gasteiger charge is -2.29. The highest BCUT2D eigenvalue weighted by molar-refractivity contribution is 6.07. The van der Waals surface area contributed by atoms with Crippen LogP contribution in [0.25, 0.3) is 44.2 Å². The van der Waals surface area contributed by atoms with Crippen LogP contribution >= 0.6 is 0 Å². The first-order chi connectivity index (χ1) is 27.4. The fourth-order valence-corrected chi connectivity index (χ4v) is 7.82. The Labute approximate surface area is 330 Å². The molecule has 1 aliphatic heterocycles. The first kappa shape index (κ1) is 39.1. The van der Waals surface area contributed by atoms with E-state index in [1.807, 2.05) is 37.8 Å². The number of hydrogen-bond donors (Lipinski definition) is 4. The first-order valence-corrected chi connectivity index (χ1v) is 19.4. The fraction of sp³-hybridized carbons (Fsp3) is 0.429. The van der Waals surface area contributed by atoms with Gasteiger partial charge in [0.15, 0.2) is 0 Å². The number of aromatic nitrogens is 4. The lowest BCUT2D eigenvalue weighted by Crippen LogP contribution is -2.52. The van der Waals surface area contributed by atoms with Gasteiger partial charge in [-0.1, -0.05) is 52.8 Å².